The van der Waals surface area contributed by atoms with Crippen LogP contribution >= 0.6 is 0 Å². The fourth-order valence-electron chi connectivity index (χ4n) is 2.10. The number of nitrogens with zero attached hydrogens (tertiary/aromatic N) is 1. The normalized spacial score (nSPS) is 12.8. The zero-order chi connectivity index (χ0) is 18.4. The number of carbonyl (C=O) groups is 1. The van der Waals surface area contributed by atoms with Crippen molar-refractivity contribution in [3.05, 3.63) is 35.9 Å². The number of rotatable bonds is 8. The highest BCUT2D eigenvalue weighted by atomic mass is 32.2. The van der Waals surface area contributed by atoms with Gasteiger partial charge in [-0.1, -0.05) is 32.9 Å². The van der Waals surface area contributed by atoms with Gasteiger partial charge in [0.1, 0.15) is 0 Å². The van der Waals surface area contributed by atoms with Crippen molar-refractivity contribution in [2.75, 3.05) is 13.1 Å². The van der Waals surface area contributed by atoms with Gasteiger partial charge in [0.15, 0.2) is 0 Å². The van der Waals surface area contributed by atoms with Crippen LogP contribution < -0.4 is 5.32 Å². The number of carbonyl (C=O) groups excluding carboxylic acids is 1. The van der Waals surface area contributed by atoms with Gasteiger partial charge in [0.05, 0.1) is 4.90 Å². The summed E-state index contributed by atoms with van der Waals surface area (Å²) in [6.07, 6.45) is 3.98. The summed E-state index contributed by atoms with van der Waals surface area (Å²) in [5.41, 5.74) is 0.529. The van der Waals surface area contributed by atoms with Crippen LogP contribution in [0.1, 0.15) is 46.6 Å². The topological polar surface area (TPSA) is 66.5 Å². The van der Waals surface area contributed by atoms with E-state index in [0.717, 1.165) is 12.0 Å². The number of nitrogens with one attached hydrogen (secondary N) is 1. The minimum Gasteiger partial charge on any atom is -0.348 e. The lowest BCUT2D eigenvalue weighted by Gasteiger charge is -2.23. The van der Waals surface area contributed by atoms with Gasteiger partial charge in [0, 0.05) is 24.7 Å². The number of hydrogen-bond acceptors (Lipinski definition) is 3. The van der Waals surface area contributed by atoms with E-state index in [4.69, 9.17) is 0 Å². The first-order chi connectivity index (χ1) is 11.2. The molecule has 0 unspecified atom stereocenters. The molecule has 0 atom stereocenters. The Bertz CT molecular complexity index is 673. The molecule has 0 spiro atoms. The minimum atomic E-state index is -3.45. The molecule has 24 heavy (non-hydrogen) atoms. The SMILES string of the molecule is CCN(CC)S(=O)(=O)c1ccc(/C=C/C(=O)NC(C)(C)CC)cc1. The number of amides is 1. The number of sulfonamides is 1. The first kappa shape index (κ1) is 20.4. The van der Waals surface area contributed by atoms with Crippen molar-refractivity contribution < 1.29 is 13.2 Å². The highest BCUT2D eigenvalue weighted by Crippen LogP contribution is 2.16. The molecule has 0 bridgehead atoms. The second kappa shape index (κ2) is 8.44. The Morgan fingerprint density at radius 2 is 1.67 bits per heavy atom. The van der Waals surface area contributed by atoms with Crippen molar-refractivity contribution in [1.29, 1.82) is 0 Å². The molecule has 1 aromatic rings. The molecule has 0 radical (unpaired) electrons. The smallest absolute Gasteiger partial charge is 0.244 e. The zero-order valence-corrected chi connectivity index (χ0v) is 16.0. The second-order valence-electron chi connectivity index (χ2n) is 6.22. The Morgan fingerprint density at radius 1 is 1.12 bits per heavy atom. The minimum absolute atomic E-state index is 0.165. The van der Waals surface area contributed by atoms with E-state index in [1.54, 1.807) is 30.3 Å². The summed E-state index contributed by atoms with van der Waals surface area (Å²) in [6, 6.07) is 6.54. The summed E-state index contributed by atoms with van der Waals surface area (Å²) in [4.78, 5) is 12.1. The van der Waals surface area contributed by atoms with E-state index < -0.39 is 10.0 Å². The Hall–Kier alpha value is -1.66. The van der Waals surface area contributed by atoms with Crippen molar-refractivity contribution in [2.45, 2.75) is 51.5 Å². The van der Waals surface area contributed by atoms with Gasteiger partial charge in [-0.15, -0.1) is 0 Å². The third kappa shape index (κ3) is 5.46. The maximum atomic E-state index is 12.4. The largest absolute Gasteiger partial charge is 0.348 e. The lowest BCUT2D eigenvalue weighted by Crippen LogP contribution is -2.41. The molecule has 6 heteroatoms. The molecular weight excluding hydrogens is 324 g/mol. The average molecular weight is 353 g/mol. The molecule has 0 aliphatic heterocycles. The number of benzene rings is 1. The summed E-state index contributed by atoms with van der Waals surface area (Å²) in [7, 11) is -3.45. The van der Waals surface area contributed by atoms with Crippen molar-refractivity contribution in [1.82, 2.24) is 9.62 Å². The van der Waals surface area contributed by atoms with Crippen LogP contribution in [0.3, 0.4) is 0 Å². The van der Waals surface area contributed by atoms with Gasteiger partial charge < -0.3 is 5.32 Å². The Balaban J connectivity index is 2.85. The van der Waals surface area contributed by atoms with Crippen molar-refractivity contribution >= 4 is 22.0 Å². The zero-order valence-electron chi connectivity index (χ0n) is 15.2. The summed E-state index contributed by atoms with van der Waals surface area (Å²) in [5, 5.41) is 2.91. The van der Waals surface area contributed by atoms with Gasteiger partial charge in [-0.05, 0) is 44.0 Å². The fraction of sp³-hybridized carbons (Fsp3) is 0.500. The van der Waals surface area contributed by atoms with Crippen molar-refractivity contribution in [3.63, 3.8) is 0 Å². The monoisotopic (exact) mass is 352 g/mol. The van der Waals surface area contributed by atoms with E-state index in [9.17, 15) is 13.2 Å². The predicted molar refractivity (Wildman–Crippen MR) is 98.1 cm³/mol. The van der Waals surface area contributed by atoms with E-state index in [-0.39, 0.29) is 16.3 Å². The van der Waals surface area contributed by atoms with Crippen LogP contribution in [-0.4, -0.2) is 37.3 Å². The standard InChI is InChI=1S/C18H28N2O3S/c1-6-18(4,5)19-17(21)14-11-15-9-12-16(13-10-15)24(22,23)20(7-2)8-3/h9-14H,6-8H2,1-5H3,(H,19,21)/b14-11+. The molecule has 1 amide bonds. The van der Waals surface area contributed by atoms with Crippen LogP contribution in [0.25, 0.3) is 6.08 Å². The lowest BCUT2D eigenvalue weighted by atomic mass is 10.0. The third-order valence-electron chi connectivity index (χ3n) is 4.00. The molecule has 0 fully saturated rings. The highest BCUT2D eigenvalue weighted by Gasteiger charge is 2.21. The van der Waals surface area contributed by atoms with Gasteiger partial charge >= 0.3 is 0 Å². The van der Waals surface area contributed by atoms with Crippen LogP contribution in [0.4, 0.5) is 0 Å². The average Bonchev–Trinajstić information content (AvgIpc) is 2.54. The van der Waals surface area contributed by atoms with Gasteiger partial charge in [-0.25, -0.2) is 8.42 Å². The van der Waals surface area contributed by atoms with E-state index in [0.29, 0.717) is 13.1 Å². The van der Waals surface area contributed by atoms with Crippen LogP contribution in [-0.2, 0) is 14.8 Å². The Labute approximate surface area is 145 Å². The molecule has 0 saturated heterocycles. The van der Waals surface area contributed by atoms with Crippen LogP contribution in [0, 0.1) is 0 Å². The van der Waals surface area contributed by atoms with Crippen LogP contribution in [0.2, 0.25) is 0 Å². The van der Waals surface area contributed by atoms with Crippen LogP contribution in [0.15, 0.2) is 35.2 Å². The second-order valence-corrected chi connectivity index (χ2v) is 8.16. The van der Waals surface area contributed by atoms with E-state index >= 15 is 0 Å². The molecule has 0 aromatic heterocycles. The highest BCUT2D eigenvalue weighted by molar-refractivity contribution is 7.89. The lowest BCUT2D eigenvalue weighted by molar-refractivity contribution is -0.118. The molecule has 0 aliphatic carbocycles. The molecule has 1 rings (SSSR count). The molecule has 134 valence electrons. The third-order valence-corrected chi connectivity index (χ3v) is 6.06. The van der Waals surface area contributed by atoms with Crippen molar-refractivity contribution in [3.8, 4) is 0 Å². The number of hydrogen-bond donors (Lipinski definition) is 1. The van der Waals surface area contributed by atoms with Gasteiger partial charge in [0.25, 0.3) is 0 Å². The Kier molecular flexibility index (Phi) is 7.17. The summed E-state index contributed by atoms with van der Waals surface area (Å²) in [5.74, 6) is -0.165. The Morgan fingerprint density at radius 3 is 2.12 bits per heavy atom. The van der Waals surface area contributed by atoms with E-state index in [1.807, 2.05) is 34.6 Å². The molecule has 0 heterocycles. The van der Waals surface area contributed by atoms with Crippen LogP contribution in [0.5, 0.6) is 0 Å². The molecule has 1 aromatic carbocycles. The van der Waals surface area contributed by atoms with Gasteiger partial charge in [-0.2, -0.15) is 4.31 Å². The quantitative estimate of drug-likeness (QED) is 0.731. The summed E-state index contributed by atoms with van der Waals surface area (Å²) in [6.45, 7) is 10.4. The van der Waals surface area contributed by atoms with Crippen molar-refractivity contribution in [2.24, 2.45) is 0 Å². The van der Waals surface area contributed by atoms with E-state index in [1.165, 1.54) is 10.4 Å². The first-order valence-corrected chi connectivity index (χ1v) is 9.70. The molecule has 0 aliphatic rings. The first-order valence-electron chi connectivity index (χ1n) is 8.26. The molecular formula is C18H28N2O3S. The maximum absolute atomic E-state index is 12.4. The van der Waals surface area contributed by atoms with Gasteiger partial charge in [0.2, 0.25) is 15.9 Å². The maximum Gasteiger partial charge on any atom is 0.244 e. The predicted octanol–water partition coefficient (Wildman–Crippen LogP) is 3.04. The fourth-order valence-corrected chi connectivity index (χ4v) is 3.56. The summed E-state index contributed by atoms with van der Waals surface area (Å²) < 4.78 is 26.2. The molecule has 5 nitrogen and oxygen atoms in total. The van der Waals surface area contributed by atoms with Gasteiger partial charge in [-0.3, -0.25) is 4.79 Å². The molecule has 0 saturated carbocycles. The molecule has 1 N–H and O–H groups in total. The summed E-state index contributed by atoms with van der Waals surface area (Å²) >= 11 is 0. The van der Waals surface area contributed by atoms with E-state index in [2.05, 4.69) is 5.32 Å².